The van der Waals surface area contributed by atoms with Crippen molar-refractivity contribution >= 4 is 33.2 Å². The van der Waals surface area contributed by atoms with Crippen LogP contribution in [0.5, 0.6) is 0 Å². The van der Waals surface area contributed by atoms with E-state index in [2.05, 4.69) is 15.0 Å². The molecular formula is C13H11ClFN3O3S. The molecule has 1 aromatic carbocycles. The predicted molar refractivity (Wildman–Crippen MR) is 79.5 cm³/mol. The molecule has 1 aromatic heterocycles. The van der Waals surface area contributed by atoms with Gasteiger partial charge in [-0.15, -0.1) is 0 Å². The normalized spacial score (nSPS) is 11.2. The maximum atomic E-state index is 13.0. The van der Waals surface area contributed by atoms with Crippen LogP contribution >= 0.6 is 11.6 Å². The van der Waals surface area contributed by atoms with Crippen molar-refractivity contribution in [1.82, 2.24) is 9.71 Å². The van der Waals surface area contributed by atoms with Crippen molar-refractivity contribution < 1.29 is 17.6 Å². The Labute approximate surface area is 131 Å². The molecule has 22 heavy (non-hydrogen) atoms. The second-order valence-electron chi connectivity index (χ2n) is 4.20. The topological polar surface area (TPSA) is 88.2 Å². The summed E-state index contributed by atoms with van der Waals surface area (Å²) in [5.41, 5.74) is 0.234. The number of nitrogens with zero attached hydrogens (tertiary/aromatic N) is 1. The van der Waals surface area contributed by atoms with E-state index in [1.54, 1.807) is 0 Å². The van der Waals surface area contributed by atoms with Crippen molar-refractivity contribution in [2.75, 3.05) is 11.9 Å². The zero-order valence-electron chi connectivity index (χ0n) is 11.1. The molecule has 2 rings (SSSR count). The van der Waals surface area contributed by atoms with Gasteiger partial charge in [-0.2, -0.15) is 0 Å². The molecule has 0 unspecified atom stereocenters. The first-order valence-electron chi connectivity index (χ1n) is 6.03. The third-order valence-electron chi connectivity index (χ3n) is 2.54. The monoisotopic (exact) mass is 343 g/mol. The number of carbonyl (C=O) groups excluding carboxylic acids is 1. The minimum Gasteiger partial charge on any atom is -0.325 e. The molecule has 0 saturated carbocycles. The van der Waals surface area contributed by atoms with Gasteiger partial charge in [0.1, 0.15) is 15.9 Å². The van der Waals surface area contributed by atoms with Gasteiger partial charge < -0.3 is 5.32 Å². The molecule has 0 bridgehead atoms. The van der Waals surface area contributed by atoms with E-state index in [9.17, 15) is 17.6 Å². The van der Waals surface area contributed by atoms with Crippen molar-refractivity contribution in [1.29, 1.82) is 0 Å². The summed E-state index contributed by atoms with van der Waals surface area (Å²) in [4.78, 5) is 15.2. The van der Waals surface area contributed by atoms with Crippen molar-refractivity contribution in [3.8, 4) is 0 Å². The van der Waals surface area contributed by atoms with Gasteiger partial charge in [0.15, 0.2) is 0 Å². The molecule has 1 heterocycles. The van der Waals surface area contributed by atoms with Gasteiger partial charge in [0, 0.05) is 11.9 Å². The van der Waals surface area contributed by atoms with Crippen molar-refractivity contribution in [2.45, 2.75) is 4.90 Å². The summed E-state index contributed by atoms with van der Waals surface area (Å²) in [6, 6.07) is 7.85. The molecule has 0 atom stereocenters. The van der Waals surface area contributed by atoms with E-state index in [0.29, 0.717) is 0 Å². The van der Waals surface area contributed by atoms with E-state index >= 15 is 0 Å². The summed E-state index contributed by atoms with van der Waals surface area (Å²) in [5, 5.41) is 2.53. The molecule has 116 valence electrons. The summed E-state index contributed by atoms with van der Waals surface area (Å²) >= 11 is 5.57. The smallest absolute Gasteiger partial charge is 0.242 e. The maximum absolute atomic E-state index is 13.0. The molecule has 0 fully saturated rings. The number of pyridine rings is 1. The van der Waals surface area contributed by atoms with E-state index in [4.69, 9.17) is 11.6 Å². The molecular weight excluding hydrogens is 333 g/mol. The van der Waals surface area contributed by atoms with Crippen LogP contribution in [0.2, 0.25) is 5.15 Å². The molecule has 0 aliphatic rings. The summed E-state index contributed by atoms with van der Waals surface area (Å²) < 4.78 is 38.9. The molecule has 0 aliphatic heterocycles. The number of aromatic nitrogens is 1. The summed E-state index contributed by atoms with van der Waals surface area (Å²) in [5.74, 6) is -1.14. The lowest BCUT2D eigenvalue weighted by Crippen LogP contribution is -2.33. The standard InChI is InChI=1S/C13H11ClFN3O3S/c14-12-5-4-11(7-16-12)22(20,21)17-8-13(19)18-10-3-1-2-9(15)6-10/h1-7,17H,8H2,(H,18,19). The molecule has 0 radical (unpaired) electrons. The number of hydrogen-bond acceptors (Lipinski definition) is 4. The van der Waals surface area contributed by atoms with Crippen LogP contribution in [0.3, 0.4) is 0 Å². The van der Waals surface area contributed by atoms with Gasteiger partial charge in [0.25, 0.3) is 0 Å². The summed E-state index contributed by atoms with van der Waals surface area (Å²) in [7, 11) is -3.88. The van der Waals surface area contributed by atoms with E-state index < -0.39 is 28.3 Å². The SMILES string of the molecule is O=C(CNS(=O)(=O)c1ccc(Cl)nc1)Nc1cccc(F)c1. The van der Waals surface area contributed by atoms with E-state index in [1.165, 1.54) is 30.3 Å². The van der Waals surface area contributed by atoms with Crippen molar-refractivity contribution in [3.05, 3.63) is 53.6 Å². The van der Waals surface area contributed by atoms with Gasteiger partial charge in [0.05, 0.1) is 6.54 Å². The third kappa shape index (κ3) is 4.48. The van der Waals surface area contributed by atoms with Gasteiger partial charge in [-0.25, -0.2) is 22.5 Å². The van der Waals surface area contributed by atoms with Crippen molar-refractivity contribution in [2.24, 2.45) is 0 Å². The molecule has 0 saturated heterocycles. The first-order chi connectivity index (χ1) is 10.4. The number of hydrogen-bond donors (Lipinski definition) is 2. The molecule has 0 spiro atoms. The average molecular weight is 344 g/mol. The van der Waals surface area contributed by atoms with Crippen LogP contribution in [-0.2, 0) is 14.8 Å². The van der Waals surface area contributed by atoms with Crippen LogP contribution in [0, 0.1) is 5.82 Å². The minimum absolute atomic E-state index is 0.115. The highest BCUT2D eigenvalue weighted by Gasteiger charge is 2.16. The van der Waals surface area contributed by atoms with Crippen LogP contribution in [0.25, 0.3) is 0 Å². The lowest BCUT2D eigenvalue weighted by atomic mass is 10.3. The minimum atomic E-state index is -3.88. The van der Waals surface area contributed by atoms with Crippen LogP contribution in [-0.4, -0.2) is 25.9 Å². The molecule has 2 N–H and O–H groups in total. The van der Waals surface area contributed by atoms with E-state index in [0.717, 1.165) is 12.3 Å². The summed E-state index contributed by atoms with van der Waals surface area (Å²) in [6.45, 7) is -0.499. The number of sulfonamides is 1. The molecule has 1 amide bonds. The average Bonchev–Trinajstić information content (AvgIpc) is 2.46. The zero-order chi connectivity index (χ0) is 16.2. The number of benzene rings is 1. The van der Waals surface area contributed by atoms with Crippen LogP contribution in [0.1, 0.15) is 0 Å². The maximum Gasteiger partial charge on any atom is 0.242 e. The van der Waals surface area contributed by atoms with Gasteiger partial charge in [0.2, 0.25) is 15.9 Å². The fourth-order valence-electron chi connectivity index (χ4n) is 1.54. The Kier molecular flexibility index (Phi) is 5.07. The molecule has 6 nitrogen and oxygen atoms in total. The largest absolute Gasteiger partial charge is 0.325 e. The first-order valence-corrected chi connectivity index (χ1v) is 7.89. The number of halogens is 2. The lowest BCUT2D eigenvalue weighted by molar-refractivity contribution is -0.115. The Hall–Kier alpha value is -2.03. The highest BCUT2D eigenvalue weighted by molar-refractivity contribution is 7.89. The Morgan fingerprint density at radius 2 is 2.05 bits per heavy atom. The van der Waals surface area contributed by atoms with E-state index in [-0.39, 0.29) is 15.7 Å². The number of carbonyl (C=O) groups is 1. The van der Waals surface area contributed by atoms with Gasteiger partial charge in [-0.3, -0.25) is 4.79 Å². The zero-order valence-corrected chi connectivity index (χ0v) is 12.7. The molecule has 0 aliphatic carbocycles. The number of nitrogens with one attached hydrogen (secondary N) is 2. The highest BCUT2D eigenvalue weighted by Crippen LogP contribution is 2.11. The van der Waals surface area contributed by atoms with Crippen LogP contribution < -0.4 is 10.0 Å². The van der Waals surface area contributed by atoms with Crippen molar-refractivity contribution in [3.63, 3.8) is 0 Å². The third-order valence-corrected chi connectivity index (χ3v) is 4.15. The molecule has 2 aromatic rings. The van der Waals surface area contributed by atoms with E-state index in [1.807, 2.05) is 0 Å². The second-order valence-corrected chi connectivity index (χ2v) is 6.35. The molecule has 9 heteroatoms. The Bertz CT molecular complexity index is 781. The van der Waals surface area contributed by atoms with Gasteiger partial charge in [-0.1, -0.05) is 17.7 Å². The summed E-state index contributed by atoms with van der Waals surface area (Å²) in [6.07, 6.45) is 1.08. The Balaban J connectivity index is 1.97. The Morgan fingerprint density at radius 1 is 1.27 bits per heavy atom. The fraction of sp³-hybridized carbons (Fsp3) is 0.0769. The number of anilines is 1. The second kappa shape index (κ2) is 6.82. The number of rotatable bonds is 5. The number of amides is 1. The first kappa shape index (κ1) is 16.3. The predicted octanol–water partition coefficient (Wildman–Crippen LogP) is 1.79. The van der Waals surface area contributed by atoms with Gasteiger partial charge in [-0.05, 0) is 30.3 Å². The highest BCUT2D eigenvalue weighted by atomic mass is 35.5. The fourth-order valence-corrected chi connectivity index (χ4v) is 2.57. The Morgan fingerprint density at radius 3 is 2.68 bits per heavy atom. The lowest BCUT2D eigenvalue weighted by Gasteiger charge is -2.07. The van der Waals surface area contributed by atoms with Crippen LogP contribution in [0.4, 0.5) is 10.1 Å². The van der Waals surface area contributed by atoms with Crippen LogP contribution in [0.15, 0.2) is 47.5 Å². The van der Waals surface area contributed by atoms with Gasteiger partial charge >= 0.3 is 0 Å². The quantitative estimate of drug-likeness (QED) is 0.810.